The molecular weight excluding hydrogens is 500 g/mol. The van der Waals surface area contributed by atoms with Crippen molar-refractivity contribution >= 4 is 27.5 Å². The fraction of sp³-hybridized carbons (Fsp3) is 0.259. The van der Waals surface area contributed by atoms with Crippen LogP contribution in [0.25, 0.3) is 0 Å². The molecule has 0 unspecified atom stereocenters. The van der Waals surface area contributed by atoms with Crippen molar-refractivity contribution in [2.75, 3.05) is 10.8 Å². The van der Waals surface area contributed by atoms with E-state index in [4.69, 9.17) is 0 Å². The van der Waals surface area contributed by atoms with Gasteiger partial charge in [-0.05, 0) is 63.2 Å². The SMILES string of the molecule is CC(C)NC(=O)[C@@H](C)N(Cc1ccccc1F)C(=O)CN(c1ccc(F)cc1)S(=O)(=O)c1ccccc1. The predicted molar refractivity (Wildman–Crippen MR) is 137 cm³/mol. The minimum absolute atomic E-state index is 0.0590. The first-order valence-electron chi connectivity index (χ1n) is 11.7. The van der Waals surface area contributed by atoms with Gasteiger partial charge in [-0.1, -0.05) is 36.4 Å². The van der Waals surface area contributed by atoms with Crippen molar-refractivity contribution in [3.8, 4) is 0 Å². The van der Waals surface area contributed by atoms with Crippen LogP contribution in [0.4, 0.5) is 14.5 Å². The molecule has 2 amide bonds. The number of halogens is 2. The normalized spacial score (nSPS) is 12.2. The summed E-state index contributed by atoms with van der Waals surface area (Å²) in [6.07, 6.45) is 0. The Bertz CT molecular complexity index is 1330. The molecule has 0 aliphatic rings. The number of anilines is 1. The summed E-state index contributed by atoms with van der Waals surface area (Å²) in [4.78, 5) is 27.5. The van der Waals surface area contributed by atoms with Crippen LogP contribution in [0.15, 0.2) is 83.8 Å². The molecule has 196 valence electrons. The number of carbonyl (C=O) groups excluding carboxylic acids is 2. The number of hydrogen-bond acceptors (Lipinski definition) is 4. The van der Waals surface area contributed by atoms with Crippen molar-refractivity contribution in [3.63, 3.8) is 0 Å². The van der Waals surface area contributed by atoms with Gasteiger partial charge in [0.05, 0.1) is 10.6 Å². The second-order valence-electron chi connectivity index (χ2n) is 8.75. The van der Waals surface area contributed by atoms with Crippen LogP contribution < -0.4 is 9.62 Å². The number of nitrogens with zero attached hydrogens (tertiary/aromatic N) is 2. The van der Waals surface area contributed by atoms with Gasteiger partial charge in [-0.25, -0.2) is 17.2 Å². The molecule has 0 saturated heterocycles. The van der Waals surface area contributed by atoms with Crippen LogP contribution in [0.2, 0.25) is 0 Å². The second kappa shape index (κ2) is 12.0. The van der Waals surface area contributed by atoms with Crippen LogP contribution in [0.1, 0.15) is 26.3 Å². The lowest BCUT2D eigenvalue weighted by Gasteiger charge is -2.32. The number of hydrogen-bond donors (Lipinski definition) is 1. The minimum atomic E-state index is -4.25. The summed E-state index contributed by atoms with van der Waals surface area (Å²) in [5, 5.41) is 2.73. The summed E-state index contributed by atoms with van der Waals surface area (Å²) in [6, 6.07) is 16.7. The molecule has 0 aromatic heterocycles. The smallest absolute Gasteiger partial charge is 0.264 e. The molecule has 3 aromatic carbocycles. The highest BCUT2D eigenvalue weighted by molar-refractivity contribution is 7.92. The molecule has 10 heteroatoms. The number of benzene rings is 3. The van der Waals surface area contributed by atoms with E-state index < -0.39 is 46.1 Å². The lowest BCUT2D eigenvalue weighted by atomic mass is 10.1. The first kappa shape index (κ1) is 27.8. The van der Waals surface area contributed by atoms with Gasteiger partial charge in [-0.2, -0.15) is 0 Å². The summed E-state index contributed by atoms with van der Waals surface area (Å²) >= 11 is 0. The van der Waals surface area contributed by atoms with E-state index in [0.29, 0.717) is 0 Å². The highest BCUT2D eigenvalue weighted by Gasteiger charge is 2.33. The Balaban J connectivity index is 2.02. The number of sulfonamides is 1. The van der Waals surface area contributed by atoms with Crippen molar-refractivity contribution in [2.45, 2.75) is 44.3 Å². The highest BCUT2D eigenvalue weighted by atomic mass is 32.2. The van der Waals surface area contributed by atoms with Crippen molar-refractivity contribution < 1.29 is 26.8 Å². The summed E-state index contributed by atoms with van der Waals surface area (Å²) in [5.74, 6) is -2.35. The Labute approximate surface area is 215 Å². The van der Waals surface area contributed by atoms with Crippen molar-refractivity contribution in [2.24, 2.45) is 0 Å². The number of amides is 2. The summed E-state index contributed by atoms with van der Waals surface area (Å²) < 4.78 is 56.1. The van der Waals surface area contributed by atoms with Crippen LogP contribution in [-0.4, -0.2) is 43.8 Å². The molecule has 0 heterocycles. The van der Waals surface area contributed by atoms with Gasteiger partial charge in [-0.15, -0.1) is 0 Å². The van der Waals surface area contributed by atoms with Gasteiger partial charge in [0.2, 0.25) is 11.8 Å². The maximum atomic E-state index is 14.5. The third-order valence-electron chi connectivity index (χ3n) is 5.62. The monoisotopic (exact) mass is 529 g/mol. The Hall–Kier alpha value is -3.79. The molecule has 0 spiro atoms. The third-order valence-corrected chi connectivity index (χ3v) is 7.41. The third kappa shape index (κ3) is 6.91. The van der Waals surface area contributed by atoms with Crippen LogP contribution in [-0.2, 0) is 26.2 Å². The Morgan fingerprint density at radius 1 is 0.865 bits per heavy atom. The molecule has 0 aliphatic heterocycles. The molecule has 0 aliphatic carbocycles. The maximum absolute atomic E-state index is 14.5. The molecule has 3 aromatic rings. The molecule has 3 rings (SSSR count). The zero-order valence-corrected chi connectivity index (χ0v) is 21.6. The molecule has 0 fully saturated rings. The fourth-order valence-electron chi connectivity index (χ4n) is 3.65. The highest BCUT2D eigenvalue weighted by Crippen LogP contribution is 2.25. The Morgan fingerprint density at radius 2 is 1.46 bits per heavy atom. The fourth-order valence-corrected chi connectivity index (χ4v) is 5.09. The molecule has 7 nitrogen and oxygen atoms in total. The number of rotatable bonds is 10. The van der Waals surface area contributed by atoms with Crippen LogP contribution in [0.3, 0.4) is 0 Å². The largest absolute Gasteiger partial charge is 0.352 e. The lowest BCUT2D eigenvalue weighted by molar-refractivity contribution is -0.139. The quantitative estimate of drug-likeness (QED) is 0.429. The molecule has 0 radical (unpaired) electrons. The number of nitrogens with one attached hydrogen (secondary N) is 1. The Kier molecular flexibility index (Phi) is 8.99. The van der Waals surface area contributed by atoms with Crippen LogP contribution in [0.5, 0.6) is 0 Å². The van der Waals surface area contributed by atoms with Gasteiger partial charge in [0.1, 0.15) is 24.2 Å². The second-order valence-corrected chi connectivity index (χ2v) is 10.6. The van der Waals surface area contributed by atoms with Crippen LogP contribution in [0, 0.1) is 11.6 Å². The van der Waals surface area contributed by atoms with Crippen LogP contribution >= 0.6 is 0 Å². The topological polar surface area (TPSA) is 86.8 Å². The minimum Gasteiger partial charge on any atom is -0.352 e. The Morgan fingerprint density at radius 3 is 2.05 bits per heavy atom. The average Bonchev–Trinajstić information content (AvgIpc) is 2.87. The van der Waals surface area contributed by atoms with Gasteiger partial charge in [-0.3, -0.25) is 13.9 Å². The van der Waals surface area contributed by atoms with Gasteiger partial charge >= 0.3 is 0 Å². The van der Waals surface area contributed by atoms with E-state index in [9.17, 15) is 26.8 Å². The van der Waals surface area contributed by atoms with E-state index in [1.54, 1.807) is 38.1 Å². The molecule has 1 N–H and O–H groups in total. The lowest BCUT2D eigenvalue weighted by Crippen LogP contribution is -2.52. The van der Waals surface area contributed by atoms with Crippen molar-refractivity contribution in [3.05, 3.63) is 96.1 Å². The first-order chi connectivity index (χ1) is 17.5. The maximum Gasteiger partial charge on any atom is 0.264 e. The molecule has 37 heavy (non-hydrogen) atoms. The van der Waals surface area contributed by atoms with E-state index in [1.165, 1.54) is 49.4 Å². The van der Waals surface area contributed by atoms with E-state index >= 15 is 0 Å². The van der Waals surface area contributed by atoms with Crippen molar-refractivity contribution in [1.82, 2.24) is 10.2 Å². The van der Waals surface area contributed by atoms with Crippen molar-refractivity contribution in [1.29, 1.82) is 0 Å². The summed E-state index contributed by atoms with van der Waals surface area (Å²) in [5.41, 5.74) is 0.225. The van der Waals surface area contributed by atoms with Gasteiger partial charge in [0.25, 0.3) is 10.0 Å². The van der Waals surface area contributed by atoms with Gasteiger partial charge in [0.15, 0.2) is 0 Å². The molecule has 1 atom stereocenters. The summed E-state index contributed by atoms with van der Waals surface area (Å²) in [6.45, 7) is 4.05. The summed E-state index contributed by atoms with van der Waals surface area (Å²) in [7, 11) is -4.25. The first-order valence-corrected chi connectivity index (χ1v) is 13.1. The zero-order chi connectivity index (χ0) is 27.2. The molecule has 0 saturated carbocycles. The zero-order valence-electron chi connectivity index (χ0n) is 20.8. The van der Waals surface area contributed by atoms with Gasteiger partial charge < -0.3 is 10.2 Å². The van der Waals surface area contributed by atoms with E-state index in [-0.39, 0.29) is 28.7 Å². The van der Waals surface area contributed by atoms with E-state index in [0.717, 1.165) is 21.3 Å². The average molecular weight is 530 g/mol. The van der Waals surface area contributed by atoms with E-state index in [1.807, 2.05) is 0 Å². The standard InChI is InChI=1S/C27H29F2N3O4S/c1-19(2)30-27(34)20(3)31(17-21-9-7-8-12-25(21)29)26(33)18-32(23-15-13-22(28)14-16-23)37(35,36)24-10-5-4-6-11-24/h4-16,19-20H,17-18H2,1-3H3,(H,30,34)/t20-/m1/s1. The molecular formula is C27H29F2N3O4S. The molecule has 0 bridgehead atoms. The predicted octanol–water partition coefficient (Wildman–Crippen LogP) is 4.10. The van der Waals surface area contributed by atoms with Gasteiger partial charge in [0, 0.05) is 18.2 Å². The number of carbonyl (C=O) groups is 2. The van der Waals surface area contributed by atoms with E-state index in [2.05, 4.69) is 5.32 Å².